The van der Waals surface area contributed by atoms with Crippen LogP contribution >= 0.6 is 0 Å². The van der Waals surface area contributed by atoms with E-state index in [-0.39, 0.29) is 0 Å². The van der Waals surface area contributed by atoms with Gasteiger partial charge in [-0.1, -0.05) is 19.3 Å². The largest absolute Gasteiger partial charge is 0.454 e. The summed E-state index contributed by atoms with van der Waals surface area (Å²) >= 11 is 0. The molecule has 0 bridgehead atoms. The van der Waals surface area contributed by atoms with Crippen molar-refractivity contribution < 1.29 is 14.8 Å². The number of ether oxygens (including phenoxy) is 2. The molecule has 0 saturated heterocycles. The average molecular weight is 262 g/mol. The van der Waals surface area contributed by atoms with Crippen LogP contribution in [-0.2, 0) is 6.54 Å². The fourth-order valence-corrected chi connectivity index (χ4v) is 3.09. The molecular formula is C16H24NO2+. The zero-order valence-electron chi connectivity index (χ0n) is 11.6. The predicted octanol–water partition coefficient (Wildman–Crippen LogP) is 2.59. The number of hydrogen-bond donors (Lipinski definition) is 1. The minimum absolute atomic E-state index is 0.366. The van der Waals surface area contributed by atoms with Gasteiger partial charge in [-0.25, -0.2) is 0 Å². The summed E-state index contributed by atoms with van der Waals surface area (Å²) in [4.78, 5) is 0. The van der Waals surface area contributed by atoms with E-state index in [1.165, 1.54) is 50.5 Å². The number of quaternary nitrogens is 1. The molecule has 1 aliphatic carbocycles. The number of hydrogen-bond acceptors (Lipinski definition) is 2. The molecule has 0 atom stereocenters. The van der Waals surface area contributed by atoms with Crippen molar-refractivity contribution in [2.75, 3.05) is 6.79 Å². The summed E-state index contributed by atoms with van der Waals surface area (Å²) in [6, 6.07) is 7.13. The highest BCUT2D eigenvalue weighted by Crippen LogP contribution is 2.32. The SMILES string of the molecule is c1cc2c(cc1C[NH2+]C1CCCCCCC1)OCO2. The molecular weight excluding hydrogens is 238 g/mol. The Bertz CT molecular complexity index is 411. The lowest BCUT2D eigenvalue weighted by atomic mass is 9.96. The first kappa shape index (κ1) is 12.8. The van der Waals surface area contributed by atoms with Crippen molar-refractivity contribution in [3.8, 4) is 11.5 Å². The lowest BCUT2D eigenvalue weighted by Gasteiger charge is -2.18. The van der Waals surface area contributed by atoms with Crippen LogP contribution in [0.2, 0.25) is 0 Å². The van der Waals surface area contributed by atoms with E-state index in [1.807, 2.05) is 6.07 Å². The molecule has 2 aliphatic rings. The summed E-state index contributed by atoms with van der Waals surface area (Å²) in [6.07, 6.45) is 9.86. The van der Waals surface area contributed by atoms with Gasteiger partial charge >= 0.3 is 0 Å². The van der Waals surface area contributed by atoms with E-state index in [4.69, 9.17) is 9.47 Å². The first-order valence-corrected chi connectivity index (χ1v) is 7.64. The van der Waals surface area contributed by atoms with Crippen molar-refractivity contribution in [1.29, 1.82) is 0 Å². The van der Waals surface area contributed by atoms with Crippen LogP contribution in [0.4, 0.5) is 0 Å². The third kappa shape index (κ3) is 3.41. The number of fused-ring (bicyclic) bond motifs is 1. The van der Waals surface area contributed by atoms with Crippen molar-refractivity contribution in [3.63, 3.8) is 0 Å². The molecule has 0 aromatic heterocycles. The van der Waals surface area contributed by atoms with Gasteiger partial charge in [0.15, 0.2) is 11.5 Å². The van der Waals surface area contributed by atoms with Gasteiger partial charge < -0.3 is 14.8 Å². The molecule has 1 fully saturated rings. The Morgan fingerprint density at radius 3 is 2.53 bits per heavy atom. The van der Waals surface area contributed by atoms with Crippen molar-refractivity contribution in [3.05, 3.63) is 23.8 Å². The third-order valence-corrected chi connectivity index (χ3v) is 4.27. The topological polar surface area (TPSA) is 35.1 Å². The fourth-order valence-electron chi connectivity index (χ4n) is 3.09. The van der Waals surface area contributed by atoms with Crippen LogP contribution in [0.15, 0.2) is 18.2 Å². The molecule has 0 amide bonds. The standard InChI is InChI=1S/C16H23NO2/c1-2-4-6-14(7-5-3-1)17-11-13-8-9-15-16(10-13)19-12-18-15/h8-10,14,17H,1-7,11-12H2/p+1. The molecule has 1 aromatic rings. The van der Waals surface area contributed by atoms with E-state index in [0.29, 0.717) is 6.79 Å². The summed E-state index contributed by atoms with van der Waals surface area (Å²) in [7, 11) is 0. The Morgan fingerprint density at radius 2 is 1.68 bits per heavy atom. The minimum Gasteiger partial charge on any atom is -0.454 e. The number of benzene rings is 1. The molecule has 3 heteroatoms. The van der Waals surface area contributed by atoms with Gasteiger partial charge in [-0.2, -0.15) is 0 Å². The maximum atomic E-state index is 5.43. The van der Waals surface area contributed by atoms with Gasteiger partial charge in [0.1, 0.15) is 6.54 Å². The summed E-state index contributed by atoms with van der Waals surface area (Å²) in [5.74, 6) is 1.79. The first-order valence-electron chi connectivity index (χ1n) is 7.64. The van der Waals surface area contributed by atoms with Crippen LogP contribution < -0.4 is 14.8 Å². The Labute approximate surface area is 115 Å². The number of rotatable bonds is 3. The van der Waals surface area contributed by atoms with E-state index < -0.39 is 0 Å². The van der Waals surface area contributed by atoms with Gasteiger partial charge in [-0.05, 0) is 43.9 Å². The smallest absolute Gasteiger partial charge is 0.231 e. The molecule has 2 N–H and O–H groups in total. The molecule has 19 heavy (non-hydrogen) atoms. The molecule has 0 spiro atoms. The van der Waals surface area contributed by atoms with Gasteiger partial charge in [0, 0.05) is 5.56 Å². The van der Waals surface area contributed by atoms with E-state index in [2.05, 4.69) is 17.4 Å². The third-order valence-electron chi connectivity index (χ3n) is 4.27. The van der Waals surface area contributed by atoms with Crippen molar-refractivity contribution in [2.24, 2.45) is 0 Å². The van der Waals surface area contributed by atoms with Crippen LogP contribution in [0, 0.1) is 0 Å². The molecule has 1 aromatic carbocycles. The van der Waals surface area contributed by atoms with E-state index in [0.717, 1.165) is 24.1 Å². The molecule has 104 valence electrons. The molecule has 1 heterocycles. The van der Waals surface area contributed by atoms with E-state index >= 15 is 0 Å². The van der Waals surface area contributed by atoms with Crippen molar-refractivity contribution in [2.45, 2.75) is 57.5 Å². The summed E-state index contributed by atoms with van der Waals surface area (Å²) in [5, 5.41) is 2.52. The van der Waals surface area contributed by atoms with Crippen LogP contribution in [0.3, 0.4) is 0 Å². The Kier molecular flexibility index (Phi) is 4.23. The fraction of sp³-hybridized carbons (Fsp3) is 0.625. The number of nitrogens with two attached hydrogens (primary N) is 1. The Hall–Kier alpha value is -1.22. The van der Waals surface area contributed by atoms with E-state index in [1.54, 1.807) is 0 Å². The maximum absolute atomic E-state index is 5.43. The van der Waals surface area contributed by atoms with Gasteiger partial charge in [-0.15, -0.1) is 0 Å². The van der Waals surface area contributed by atoms with Crippen molar-refractivity contribution >= 4 is 0 Å². The normalized spacial score (nSPS) is 20.0. The highest BCUT2D eigenvalue weighted by Gasteiger charge is 2.16. The molecule has 3 rings (SSSR count). The quantitative estimate of drug-likeness (QED) is 0.908. The van der Waals surface area contributed by atoms with E-state index in [9.17, 15) is 0 Å². The summed E-state index contributed by atoms with van der Waals surface area (Å²) < 4.78 is 10.8. The second-order valence-corrected chi connectivity index (χ2v) is 5.73. The van der Waals surface area contributed by atoms with Gasteiger partial charge in [-0.3, -0.25) is 0 Å². The highest BCUT2D eigenvalue weighted by atomic mass is 16.7. The van der Waals surface area contributed by atoms with Crippen molar-refractivity contribution in [1.82, 2.24) is 0 Å². The van der Waals surface area contributed by atoms with Gasteiger partial charge in [0.05, 0.1) is 6.04 Å². The first-order chi connectivity index (χ1) is 9.42. The Morgan fingerprint density at radius 1 is 0.947 bits per heavy atom. The molecule has 1 saturated carbocycles. The summed E-state index contributed by atoms with van der Waals surface area (Å²) in [5.41, 5.74) is 1.34. The molecule has 0 radical (unpaired) electrons. The Balaban J connectivity index is 1.53. The second kappa shape index (κ2) is 6.29. The maximum Gasteiger partial charge on any atom is 0.231 e. The minimum atomic E-state index is 0.366. The van der Waals surface area contributed by atoms with Gasteiger partial charge in [0.25, 0.3) is 0 Å². The monoisotopic (exact) mass is 262 g/mol. The summed E-state index contributed by atoms with van der Waals surface area (Å²) in [6.45, 7) is 1.42. The van der Waals surface area contributed by atoms with Crippen LogP contribution in [0.25, 0.3) is 0 Å². The van der Waals surface area contributed by atoms with Crippen LogP contribution in [0.5, 0.6) is 11.5 Å². The predicted molar refractivity (Wildman–Crippen MR) is 74.3 cm³/mol. The molecule has 0 unspecified atom stereocenters. The highest BCUT2D eigenvalue weighted by molar-refractivity contribution is 5.44. The second-order valence-electron chi connectivity index (χ2n) is 5.73. The molecule has 3 nitrogen and oxygen atoms in total. The lowest BCUT2D eigenvalue weighted by molar-refractivity contribution is -0.706. The zero-order chi connectivity index (χ0) is 12.9. The molecule has 1 aliphatic heterocycles. The zero-order valence-corrected chi connectivity index (χ0v) is 11.6. The lowest BCUT2D eigenvalue weighted by Crippen LogP contribution is -2.88. The van der Waals surface area contributed by atoms with Crippen LogP contribution in [0.1, 0.15) is 50.5 Å². The van der Waals surface area contributed by atoms with Gasteiger partial charge in [0.2, 0.25) is 6.79 Å². The average Bonchev–Trinajstić information content (AvgIpc) is 2.84. The van der Waals surface area contributed by atoms with Crippen LogP contribution in [-0.4, -0.2) is 12.8 Å².